The molecule has 3 aromatic heterocycles. The highest BCUT2D eigenvalue weighted by molar-refractivity contribution is 6.34. The van der Waals surface area contributed by atoms with E-state index in [0.29, 0.717) is 40.7 Å². The summed E-state index contributed by atoms with van der Waals surface area (Å²) in [5.74, 6) is 1.44. The summed E-state index contributed by atoms with van der Waals surface area (Å²) in [7, 11) is 5.16. The number of aromatic nitrogens is 3. The summed E-state index contributed by atoms with van der Waals surface area (Å²) in [5, 5.41) is 7.86. The first-order chi connectivity index (χ1) is 20.4. The second kappa shape index (κ2) is 12.9. The van der Waals surface area contributed by atoms with Gasteiger partial charge in [0.15, 0.2) is 11.7 Å². The van der Waals surface area contributed by atoms with Crippen LogP contribution in [-0.4, -0.2) is 90.4 Å². The van der Waals surface area contributed by atoms with E-state index >= 15 is 0 Å². The van der Waals surface area contributed by atoms with Crippen molar-refractivity contribution in [2.45, 2.75) is 24.9 Å². The predicted molar refractivity (Wildman–Crippen MR) is 166 cm³/mol. The van der Waals surface area contributed by atoms with Crippen molar-refractivity contribution in [2.24, 2.45) is 0 Å². The molecule has 4 aromatic rings. The van der Waals surface area contributed by atoms with E-state index in [1.807, 2.05) is 41.0 Å². The fourth-order valence-electron chi connectivity index (χ4n) is 5.51. The monoisotopic (exact) mass is 590 g/mol. The second-order valence-electron chi connectivity index (χ2n) is 10.6. The summed E-state index contributed by atoms with van der Waals surface area (Å²) in [6.07, 6.45) is 7.64. The number of hydrogen-bond donors (Lipinski definition) is 1. The lowest BCUT2D eigenvalue weighted by Gasteiger charge is -2.43. The normalized spacial score (nSPS) is 16.8. The molecule has 2 saturated heterocycles. The lowest BCUT2D eigenvalue weighted by molar-refractivity contribution is 0.112. The number of nitrogens with zero attached hydrogens (tertiary/aromatic N) is 6. The maximum absolute atomic E-state index is 13.2. The van der Waals surface area contributed by atoms with Crippen LogP contribution in [-0.2, 0) is 0 Å². The highest BCUT2D eigenvalue weighted by Crippen LogP contribution is 2.36. The number of aldehydes is 1. The number of aliphatic hydroxyl groups excluding tert-OH is 1. The average Bonchev–Trinajstić information content (AvgIpc) is 3.45. The van der Waals surface area contributed by atoms with Gasteiger partial charge < -0.3 is 29.1 Å². The molecule has 2 aliphatic rings. The number of fused-ring (bicyclic) bond motifs is 1. The van der Waals surface area contributed by atoms with E-state index in [1.54, 1.807) is 24.7 Å². The third-order valence-electron chi connectivity index (χ3n) is 7.90. The van der Waals surface area contributed by atoms with Crippen LogP contribution in [0.5, 0.6) is 5.88 Å². The number of likely N-dealkylation sites (N-methyl/N-ethyl adjacent to an activating group) is 1. The number of aliphatic hydroxyl groups is 1. The molecule has 0 amide bonds. The fraction of sp³-hybridized carbons (Fsp3) is 0.355. The van der Waals surface area contributed by atoms with Crippen LogP contribution >= 0.6 is 11.6 Å². The Hall–Kier alpha value is -3.99. The quantitative estimate of drug-likeness (QED) is 0.308. The van der Waals surface area contributed by atoms with Crippen LogP contribution < -0.4 is 20.0 Å². The van der Waals surface area contributed by atoms with E-state index in [1.165, 1.54) is 0 Å². The Morgan fingerprint density at radius 3 is 2.64 bits per heavy atom. The van der Waals surface area contributed by atoms with Crippen LogP contribution in [0.4, 0.5) is 11.5 Å². The minimum atomic E-state index is -0.336. The number of carbonyl (C=O) groups excluding carboxylic acids is 1. The van der Waals surface area contributed by atoms with E-state index in [-0.39, 0.29) is 17.0 Å². The van der Waals surface area contributed by atoms with Crippen molar-refractivity contribution in [3.8, 4) is 11.6 Å². The van der Waals surface area contributed by atoms with Crippen molar-refractivity contribution in [3.05, 3.63) is 81.9 Å². The minimum absolute atomic E-state index is 0.0779. The number of benzene rings is 1. The zero-order valence-corrected chi connectivity index (χ0v) is 24.7. The van der Waals surface area contributed by atoms with Gasteiger partial charge in [-0.2, -0.15) is 0 Å². The molecule has 0 aliphatic carbocycles. The van der Waals surface area contributed by atoms with E-state index in [9.17, 15) is 9.59 Å². The molecule has 1 N–H and O–H groups in total. The maximum atomic E-state index is 13.2. The highest BCUT2D eigenvalue weighted by atomic mass is 35.5. The van der Waals surface area contributed by atoms with E-state index in [2.05, 4.69) is 38.8 Å². The fourth-order valence-corrected chi connectivity index (χ4v) is 5.78. The number of pyridine rings is 3. The number of hydrogen-bond acceptors (Lipinski definition) is 9. The first kappa shape index (κ1) is 29.5. The molecule has 1 unspecified atom stereocenters. The molecule has 0 spiro atoms. The first-order valence-electron chi connectivity index (χ1n) is 13.9. The second-order valence-corrected chi connectivity index (χ2v) is 11.0. The Morgan fingerprint density at radius 1 is 1.12 bits per heavy atom. The molecular weight excluding hydrogens is 556 g/mol. The molecule has 11 heteroatoms. The molecule has 0 bridgehead atoms. The highest BCUT2D eigenvalue weighted by Gasteiger charge is 2.30. The zero-order chi connectivity index (χ0) is 29.8. The number of rotatable bonds is 8. The van der Waals surface area contributed by atoms with Gasteiger partial charge >= 0.3 is 0 Å². The molecule has 0 saturated carbocycles. The van der Waals surface area contributed by atoms with Crippen LogP contribution in [0, 0.1) is 0 Å². The van der Waals surface area contributed by atoms with E-state index in [4.69, 9.17) is 21.4 Å². The SMILES string of the molecule is CN(C)C1CN(c2cc(-n3cc(C=O)c(=O)c4cc(Cl)c(N5CCCC5COc5ccccn5)cc43)ccn2)C1.CO. The molecule has 220 valence electrons. The first-order valence-corrected chi connectivity index (χ1v) is 14.3. The van der Waals surface area contributed by atoms with Crippen LogP contribution in [0.3, 0.4) is 0 Å². The van der Waals surface area contributed by atoms with Crippen molar-refractivity contribution in [1.29, 1.82) is 0 Å². The molecular formula is C31H35ClN6O4. The third kappa shape index (κ3) is 5.83. The molecule has 5 heterocycles. The molecule has 6 rings (SSSR count). The van der Waals surface area contributed by atoms with Crippen LogP contribution in [0.15, 0.2) is 65.8 Å². The van der Waals surface area contributed by atoms with Crippen molar-refractivity contribution in [3.63, 3.8) is 0 Å². The Morgan fingerprint density at radius 2 is 1.93 bits per heavy atom. The summed E-state index contributed by atoms with van der Waals surface area (Å²) < 4.78 is 7.87. The zero-order valence-electron chi connectivity index (χ0n) is 24.0. The lowest BCUT2D eigenvalue weighted by Crippen LogP contribution is -2.57. The Balaban J connectivity index is 0.00000173. The van der Waals surface area contributed by atoms with Gasteiger partial charge in [-0.1, -0.05) is 17.7 Å². The van der Waals surface area contributed by atoms with Gasteiger partial charge in [0.05, 0.1) is 33.5 Å². The van der Waals surface area contributed by atoms with Crippen LogP contribution in [0.25, 0.3) is 16.6 Å². The van der Waals surface area contributed by atoms with Gasteiger partial charge in [0.2, 0.25) is 5.88 Å². The summed E-state index contributed by atoms with van der Waals surface area (Å²) in [4.78, 5) is 40.6. The van der Waals surface area contributed by atoms with Gasteiger partial charge in [0.1, 0.15) is 12.4 Å². The number of anilines is 2. The van der Waals surface area contributed by atoms with Crippen molar-refractivity contribution in [2.75, 3.05) is 57.2 Å². The average molecular weight is 591 g/mol. The number of carbonyl (C=O) groups is 1. The predicted octanol–water partition coefficient (Wildman–Crippen LogP) is 3.65. The van der Waals surface area contributed by atoms with Crippen LogP contribution in [0.2, 0.25) is 5.02 Å². The number of ether oxygens (including phenoxy) is 1. The minimum Gasteiger partial charge on any atom is -0.475 e. The van der Waals surface area contributed by atoms with Crippen molar-refractivity contribution >= 4 is 40.3 Å². The largest absolute Gasteiger partial charge is 0.475 e. The van der Waals surface area contributed by atoms with E-state index in [0.717, 1.165) is 56.8 Å². The van der Waals surface area contributed by atoms with Gasteiger partial charge in [-0.3, -0.25) is 9.59 Å². The topological polar surface area (TPSA) is 104 Å². The third-order valence-corrected chi connectivity index (χ3v) is 8.20. The van der Waals surface area contributed by atoms with Crippen LogP contribution in [0.1, 0.15) is 23.2 Å². The Labute approximate surface area is 249 Å². The molecule has 10 nitrogen and oxygen atoms in total. The summed E-state index contributed by atoms with van der Waals surface area (Å²) in [6, 6.07) is 13.7. The Kier molecular flexibility index (Phi) is 9.06. The summed E-state index contributed by atoms with van der Waals surface area (Å²) >= 11 is 6.81. The summed E-state index contributed by atoms with van der Waals surface area (Å²) in [5.41, 5.74) is 2.07. The van der Waals surface area contributed by atoms with E-state index < -0.39 is 0 Å². The van der Waals surface area contributed by atoms with Gasteiger partial charge in [-0.15, -0.1) is 0 Å². The maximum Gasteiger partial charge on any atom is 0.213 e. The Bertz CT molecular complexity index is 1610. The molecule has 0 radical (unpaired) electrons. The standard InChI is InChI=1S/C30H31ClN6O3.CH4O/c1-34(2)23-16-35(17-23)28-12-21(8-10-32-28)37-15-20(18-38)30(39)24-13-25(31)27(14-26(24)37)36-11-5-6-22(36)19-40-29-7-3-4-9-33-29;1-2/h3-4,7-10,12-15,18,22-23H,5-6,11,16-17,19H2,1-2H3;2H,1H3. The van der Waals surface area contributed by atoms with Gasteiger partial charge in [0.25, 0.3) is 0 Å². The van der Waals surface area contributed by atoms with Gasteiger partial charge in [0, 0.05) is 68.9 Å². The number of halogens is 1. The lowest BCUT2D eigenvalue weighted by atomic mass is 10.1. The molecule has 42 heavy (non-hydrogen) atoms. The summed E-state index contributed by atoms with van der Waals surface area (Å²) in [6.45, 7) is 3.08. The van der Waals surface area contributed by atoms with Crippen molar-refractivity contribution in [1.82, 2.24) is 19.4 Å². The molecule has 1 aromatic carbocycles. The smallest absolute Gasteiger partial charge is 0.213 e. The van der Waals surface area contributed by atoms with Gasteiger partial charge in [-0.25, -0.2) is 9.97 Å². The van der Waals surface area contributed by atoms with Gasteiger partial charge in [-0.05, 0) is 51.2 Å². The van der Waals surface area contributed by atoms with Crippen molar-refractivity contribution < 1.29 is 14.6 Å². The molecule has 1 atom stereocenters. The molecule has 2 aliphatic heterocycles. The molecule has 2 fully saturated rings.